The number of carbonyl (C=O) groups is 1. The number of halogens is 1. The number of rotatable bonds is 3. The van der Waals surface area contributed by atoms with Crippen molar-refractivity contribution >= 4 is 25.7 Å². The summed E-state index contributed by atoms with van der Waals surface area (Å²) < 4.78 is 33.9. The van der Waals surface area contributed by atoms with Crippen molar-refractivity contribution in [1.29, 1.82) is 0 Å². The molecule has 0 amide bonds. The Bertz CT molecular complexity index is 632. The molecule has 21 heavy (non-hydrogen) atoms. The molecular formula is C12H17ClN2O5S. The van der Waals surface area contributed by atoms with E-state index in [9.17, 15) is 13.2 Å². The molecule has 1 aromatic heterocycles. The van der Waals surface area contributed by atoms with Gasteiger partial charge in [-0.1, -0.05) is 0 Å². The molecule has 1 aliphatic rings. The first-order valence-electron chi connectivity index (χ1n) is 6.54. The van der Waals surface area contributed by atoms with E-state index in [0.29, 0.717) is 12.8 Å². The molecule has 0 aliphatic carbocycles. The minimum Gasteiger partial charge on any atom is -0.457 e. The summed E-state index contributed by atoms with van der Waals surface area (Å²) in [5.41, 5.74) is -0.111. The molecule has 1 N–H and O–H groups in total. The van der Waals surface area contributed by atoms with E-state index in [1.807, 2.05) is 13.8 Å². The first-order chi connectivity index (χ1) is 9.68. The Balaban J connectivity index is 2.18. The maximum atomic E-state index is 12.1. The minimum absolute atomic E-state index is 0.0244. The Morgan fingerprint density at radius 2 is 1.95 bits per heavy atom. The van der Waals surface area contributed by atoms with Crippen LogP contribution in [0.4, 0.5) is 0 Å². The summed E-state index contributed by atoms with van der Waals surface area (Å²) in [5.74, 6) is -0.801. The van der Waals surface area contributed by atoms with Crippen LogP contribution >= 0.6 is 10.7 Å². The van der Waals surface area contributed by atoms with Gasteiger partial charge in [0.25, 0.3) is 9.05 Å². The van der Waals surface area contributed by atoms with Crippen molar-refractivity contribution in [3.8, 4) is 0 Å². The maximum Gasteiger partial charge on any atom is 0.360 e. The van der Waals surface area contributed by atoms with Crippen LogP contribution in [0.1, 0.15) is 42.9 Å². The van der Waals surface area contributed by atoms with Crippen molar-refractivity contribution in [1.82, 2.24) is 10.2 Å². The van der Waals surface area contributed by atoms with Gasteiger partial charge in [0.05, 0.1) is 17.9 Å². The summed E-state index contributed by atoms with van der Waals surface area (Å²) in [7, 11) is 1.25. The number of carbonyl (C=O) groups excluding carboxylic acids is 1. The van der Waals surface area contributed by atoms with Gasteiger partial charge in [-0.3, -0.25) is 5.10 Å². The van der Waals surface area contributed by atoms with E-state index in [1.54, 1.807) is 0 Å². The fraction of sp³-hybridized carbons (Fsp3) is 0.667. The van der Waals surface area contributed by atoms with Crippen LogP contribution in [0.3, 0.4) is 0 Å². The molecule has 2 unspecified atom stereocenters. The average Bonchev–Trinajstić information content (AvgIpc) is 2.69. The summed E-state index contributed by atoms with van der Waals surface area (Å²) in [6.45, 7) is 5.26. The molecular weight excluding hydrogens is 320 g/mol. The van der Waals surface area contributed by atoms with Gasteiger partial charge in [0.15, 0.2) is 5.69 Å². The first kappa shape index (κ1) is 16.3. The zero-order chi connectivity index (χ0) is 15.8. The summed E-state index contributed by atoms with van der Waals surface area (Å²) in [5, 5.41) is 6.13. The first-order valence-corrected chi connectivity index (χ1v) is 8.85. The molecule has 1 aliphatic heterocycles. The smallest absolute Gasteiger partial charge is 0.360 e. The number of hydrogen-bond acceptors (Lipinski definition) is 6. The van der Waals surface area contributed by atoms with Gasteiger partial charge in [0.1, 0.15) is 11.0 Å². The molecule has 1 aromatic rings. The summed E-state index contributed by atoms with van der Waals surface area (Å²) >= 11 is 0. The van der Waals surface area contributed by atoms with Gasteiger partial charge >= 0.3 is 5.97 Å². The number of hydrogen-bond donors (Lipinski definition) is 1. The molecule has 7 nitrogen and oxygen atoms in total. The van der Waals surface area contributed by atoms with Gasteiger partial charge in [-0.05, 0) is 20.8 Å². The van der Waals surface area contributed by atoms with Crippen LogP contribution in [-0.4, -0.2) is 42.9 Å². The fourth-order valence-electron chi connectivity index (χ4n) is 2.50. The second-order valence-electron chi connectivity index (χ2n) is 5.22. The molecule has 9 heteroatoms. The summed E-state index contributed by atoms with van der Waals surface area (Å²) in [6, 6.07) is 0. The second-order valence-corrected chi connectivity index (χ2v) is 7.72. The monoisotopic (exact) mass is 336 g/mol. The zero-order valence-electron chi connectivity index (χ0n) is 11.9. The van der Waals surface area contributed by atoms with Crippen LogP contribution in [0.15, 0.2) is 4.90 Å². The van der Waals surface area contributed by atoms with Crippen LogP contribution in [0.25, 0.3) is 0 Å². The quantitative estimate of drug-likeness (QED) is 0.667. The number of aromatic nitrogens is 2. The Hall–Kier alpha value is -1.12. The van der Waals surface area contributed by atoms with E-state index in [1.165, 1.54) is 6.92 Å². The van der Waals surface area contributed by atoms with Crippen molar-refractivity contribution in [3.63, 3.8) is 0 Å². The number of esters is 1. The highest BCUT2D eigenvalue weighted by Gasteiger charge is 2.32. The van der Waals surface area contributed by atoms with Crippen molar-refractivity contribution in [2.75, 3.05) is 0 Å². The highest BCUT2D eigenvalue weighted by Crippen LogP contribution is 2.26. The van der Waals surface area contributed by atoms with Crippen molar-refractivity contribution in [2.45, 2.75) is 56.8 Å². The summed E-state index contributed by atoms with van der Waals surface area (Å²) in [4.78, 5) is 11.8. The van der Waals surface area contributed by atoms with Gasteiger partial charge in [-0.2, -0.15) is 5.10 Å². The number of aryl methyl sites for hydroxylation is 1. The Morgan fingerprint density at radius 1 is 1.38 bits per heavy atom. The highest BCUT2D eigenvalue weighted by molar-refractivity contribution is 8.13. The number of ether oxygens (including phenoxy) is 2. The van der Waals surface area contributed by atoms with Crippen molar-refractivity contribution < 1.29 is 22.7 Å². The molecule has 0 radical (unpaired) electrons. The summed E-state index contributed by atoms with van der Waals surface area (Å²) in [6.07, 6.45) is 0.733. The number of nitrogens with one attached hydrogen (secondary N) is 1. The number of aromatic amines is 1. The molecule has 118 valence electrons. The second kappa shape index (κ2) is 5.94. The van der Waals surface area contributed by atoms with Gasteiger partial charge in [0, 0.05) is 23.5 Å². The SMILES string of the molecule is Cc1[nH]nc(C(=O)OC2CC(C)OC(C)C2)c1S(=O)(=O)Cl. The lowest BCUT2D eigenvalue weighted by atomic mass is 10.0. The largest absolute Gasteiger partial charge is 0.457 e. The molecule has 1 saturated heterocycles. The van der Waals surface area contributed by atoms with E-state index < -0.39 is 15.0 Å². The predicted molar refractivity (Wildman–Crippen MR) is 74.8 cm³/mol. The molecule has 0 spiro atoms. The topological polar surface area (TPSA) is 98.3 Å². The fourth-order valence-corrected chi connectivity index (χ4v) is 3.84. The predicted octanol–water partition coefficient (Wildman–Crippen LogP) is 1.76. The molecule has 0 aromatic carbocycles. The van der Waals surface area contributed by atoms with E-state index in [0.717, 1.165) is 0 Å². The standard InChI is InChI=1S/C12H17ClN2O5S/c1-6-4-9(5-7(2)19-6)20-12(16)10-11(21(13,17)18)8(3)14-15-10/h6-7,9H,4-5H2,1-3H3,(H,14,15). The number of H-pyrrole nitrogens is 1. The van der Waals surface area contributed by atoms with E-state index >= 15 is 0 Å². The zero-order valence-corrected chi connectivity index (χ0v) is 13.5. The minimum atomic E-state index is -4.08. The normalized spacial score (nSPS) is 26.6. The molecule has 1 fully saturated rings. The van der Waals surface area contributed by atoms with Crippen LogP contribution in [0, 0.1) is 6.92 Å². The molecule has 2 atom stereocenters. The lowest BCUT2D eigenvalue weighted by Gasteiger charge is -2.31. The maximum absolute atomic E-state index is 12.1. The van der Waals surface area contributed by atoms with Crippen molar-refractivity contribution in [2.24, 2.45) is 0 Å². The van der Waals surface area contributed by atoms with Crippen molar-refractivity contribution in [3.05, 3.63) is 11.4 Å². The van der Waals surface area contributed by atoms with Crippen LogP contribution < -0.4 is 0 Å². The van der Waals surface area contributed by atoms with E-state index in [-0.39, 0.29) is 34.6 Å². The van der Waals surface area contributed by atoms with E-state index in [4.69, 9.17) is 20.2 Å². The molecule has 2 rings (SSSR count). The van der Waals surface area contributed by atoms with Gasteiger partial charge in [0.2, 0.25) is 0 Å². The Labute approximate surface area is 127 Å². The van der Waals surface area contributed by atoms with Crippen LogP contribution in [-0.2, 0) is 18.5 Å². The van der Waals surface area contributed by atoms with Gasteiger partial charge in [-0.15, -0.1) is 0 Å². The van der Waals surface area contributed by atoms with Gasteiger partial charge in [-0.25, -0.2) is 13.2 Å². The van der Waals surface area contributed by atoms with Gasteiger partial charge < -0.3 is 9.47 Å². The third-order valence-corrected chi connectivity index (χ3v) is 4.71. The third kappa shape index (κ3) is 3.75. The van der Waals surface area contributed by atoms with Crippen LogP contribution in [0.2, 0.25) is 0 Å². The van der Waals surface area contributed by atoms with Crippen LogP contribution in [0.5, 0.6) is 0 Å². The molecule has 0 saturated carbocycles. The third-order valence-electron chi connectivity index (χ3n) is 3.26. The highest BCUT2D eigenvalue weighted by atomic mass is 35.7. The average molecular weight is 337 g/mol. The lowest BCUT2D eigenvalue weighted by molar-refractivity contribution is -0.0857. The Kier molecular flexibility index (Phi) is 4.60. The number of nitrogens with zero attached hydrogens (tertiary/aromatic N) is 1. The van der Waals surface area contributed by atoms with E-state index in [2.05, 4.69) is 10.2 Å². The Morgan fingerprint density at radius 3 is 2.48 bits per heavy atom. The lowest BCUT2D eigenvalue weighted by Crippen LogP contribution is -2.35. The molecule has 0 bridgehead atoms. The molecule has 2 heterocycles.